The third kappa shape index (κ3) is 4.00. The third-order valence-electron chi connectivity index (χ3n) is 3.13. The van der Waals surface area contributed by atoms with E-state index in [2.05, 4.69) is 5.32 Å². The van der Waals surface area contributed by atoms with Crippen LogP contribution in [0.1, 0.15) is 17.5 Å². The highest BCUT2D eigenvalue weighted by Crippen LogP contribution is 2.19. The minimum Gasteiger partial charge on any atom is -0.492 e. The largest absolute Gasteiger partial charge is 0.492 e. The number of nitrogens with two attached hydrogens (primary N) is 1. The molecule has 0 aliphatic carbocycles. The predicted molar refractivity (Wildman–Crippen MR) is 85.5 cm³/mol. The van der Waals surface area contributed by atoms with Gasteiger partial charge in [-0.05, 0) is 36.8 Å². The maximum absolute atomic E-state index is 11.9. The highest BCUT2D eigenvalue weighted by molar-refractivity contribution is 5.92. The van der Waals surface area contributed by atoms with Crippen molar-refractivity contribution in [3.63, 3.8) is 0 Å². The molecule has 0 aromatic heterocycles. The summed E-state index contributed by atoms with van der Waals surface area (Å²) in [6.07, 6.45) is 0.188. The molecule has 2 aromatic carbocycles. The molecule has 0 heterocycles. The smallest absolute Gasteiger partial charge is 0.227 e. The molecule has 22 heavy (non-hydrogen) atoms. The average Bonchev–Trinajstić information content (AvgIpc) is 2.51. The highest BCUT2D eigenvalue weighted by atomic mass is 16.5. The zero-order chi connectivity index (χ0) is 15.9. The minimum atomic E-state index is -0.164. The first-order valence-corrected chi connectivity index (χ1v) is 6.88. The van der Waals surface area contributed by atoms with Crippen molar-refractivity contribution >= 4 is 17.3 Å². The van der Waals surface area contributed by atoms with Gasteiger partial charge in [-0.2, -0.15) is 5.26 Å². The summed E-state index contributed by atoms with van der Waals surface area (Å²) in [7, 11) is 0. The fourth-order valence-corrected chi connectivity index (χ4v) is 1.93. The summed E-state index contributed by atoms with van der Waals surface area (Å²) in [4.78, 5) is 11.9. The summed E-state index contributed by atoms with van der Waals surface area (Å²) in [5, 5.41) is 11.8. The van der Waals surface area contributed by atoms with Crippen LogP contribution in [0.2, 0.25) is 0 Å². The van der Waals surface area contributed by atoms with E-state index in [1.807, 2.05) is 19.1 Å². The Morgan fingerprint density at radius 1 is 1.32 bits per heavy atom. The number of carbonyl (C=O) groups is 1. The highest BCUT2D eigenvalue weighted by Gasteiger charge is 2.07. The van der Waals surface area contributed by atoms with Crippen molar-refractivity contribution < 1.29 is 9.53 Å². The van der Waals surface area contributed by atoms with Crippen LogP contribution in [0.15, 0.2) is 42.5 Å². The molecule has 0 saturated carbocycles. The molecule has 0 spiro atoms. The maximum atomic E-state index is 11.9. The molecule has 2 rings (SSSR count). The first kappa shape index (κ1) is 15.4. The first-order valence-electron chi connectivity index (χ1n) is 6.88. The molecular weight excluding hydrogens is 278 g/mol. The molecule has 5 nitrogen and oxygen atoms in total. The molecular formula is C17H17N3O2. The second kappa shape index (κ2) is 7.14. The molecule has 2 aromatic rings. The zero-order valence-corrected chi connectivity index (χ0v) is 12.3. The van der Waals surface area contributed by atoms with Crippen molar-refractivity contribution in [2.75, 3.05) is 17.7 Å². The number of carbonyl (C=O) groups excluding carboxylic acids is 1. The van der Waals surface area contributed by atoms with E-state index in [1.165, 1.54) is 0 Å². The van der Waals surface area contributed by atoms with E-state index in [0.29, 0.717) is 22.7 Å². The normalized spacial score (nSPS) is 9.82. The number of benzene rings is 2. The summed E-state index contributed by atoms with van der Waals surface area (Å²) in [5.41, 5.74) is 8.39. The van der Waals surface area contributed by atoms with Gasteiger partial charge in [-0.15, -0.1) is 0 Å². The van der Waals surface area contributed by atoms with Crippen LogP contribution in [0.4, 0.5) is 11.4 Å². The number of nitrogens with one attached hydrogen (secondary N) is 1. The van der Waals surface area contributed by atoms with Gasteiger partial charge >= 0.3 is 0 Å². The summed E-state index contributed by atoms with van der Waals surface area (Å²) >= 11 is 0. The van der Waals surface area contributed by atoms with Gasteiger partial charge < -0.3 is 15.8 Å². The lowest BCUT2D eigenvalue weighted by molar-refractivity contribution is -0.116. The lowest BCUT2D eigenvalue weighted by Crippen LogP contribution is -2.16. The van der Waals surface area contributed by atoms with Crippen molar-refractivity contribution in [1.82, 2.24) is 0 Å². The van der Waals surface area contributed by atoms with E-state index >= 15 is 0 Å². The standard InChI is InChI=1S/C17H17N3O2/c1-12-6-7-14(19)10-15(12)20-17(21)8-9-22-16-5-3-2-4-13(16)11-18/h2-7,10H,8-9,19H2,1H3,(H,20,21). The van der Waals surface area contributed by atoms with Crippen molar-refractivity contribution in [2.45, 2.75) is 13.3 Å². The van der Waals surface area contributed by atoms with E-state index in [9.17, 15) is 4.79 Å². The Hall–Kier alpha value is -3.00. The Labute approximate surface area is 129 Å². The van der Waals surface area contributed by atoms with Gasteiger partial charge in [0.05, 0.1) is 18.6 Å². The van der Waals surface area contributed by atoms with Crippen LogP contribution in [0.3, 0.4) is 0 Å². The van der Waals surface area contributed by atoms with Gasteiger partial charge in [0.2, 0.25) is 5.91 Å². The number of hydrogen-bond donors (Lipinski definition) is 2. The van der Waals surface area contributed by atoms with Crippen molar-refractivity contribution in [1.29, 1.82) is 5.26 Å². The summed E-state index contributed by atoms with van der Waals surface area (Å²) in [6, 6.07) is 14.3. The molecule has 5 heteroatoms. The molecule has 0 atom stereocenters. The van der Waals surface area contributed by atoms with E-state index in [1.54, 1.807) is 36.4 Å². The van der Waals surface area contributed by atoms with E-state index in [0.717, 1.165) is 5.56 Å². The van der Waals surface area contributed by atoms with Crippen LogP contribution in [0, 0.1) is 18.3 Å². The molecule has 0 aliphatic heterocycles. The van der Waals surface area contributed by atoms with Crippen molar-refractivity contribution in [3.8, 4) is 11.8 Å². The lowest BCUT2D eigenvalue weighted by Gasteiger charge is -2.10. The van der Waals surface area contributed by atoms with E-state index < -0.39 is 0 Å². The van der Waals surface area contributed by atoms with Crippen LogP contribution in [-0.4, -0.2) is 12.5 Å². The maximum Gasteiger partial charge on any atom is 0.227 e. The molecule has 112 valence electrons. The second-order valence-corrected chi connectivity index (χ2v) is 4.83. The van der Waals surface area contributed by atoms with Crippen LogP contribution in [0.25, 0.3) is 0 Å². The minimum absolute atomic E-state index is 0.164. The van der Waals surface area contributed by atoms with Gasteiger partial charge in [0.25, 0.3) is 0 Å². The summed E-state index contributed by atoms with van der Waals surface area (Å²) in [6.45, 7) is 2.10. The number of nitriles is 1. The van der Waals surface area contributed by atoms with Crippen LogP contribution in [-0.2, 0) is 4.79 Å². The SMILES string of the molecule is Cc1ccc(N)cc1NC(=O)CCOc1ccccc1C#N. The van der Waals surface area contributed by atoms with E-state index in [4.69, 9.17) is 15.7 Å². The number of para-hydroxylation sites is 1. The van der Waals surface area contributed by atoms with Gasteiger partial charge in [-0.1, -0.05) is 18.2 Å². The number of rotatable bonds is 5. The Balaban J connectivity index is 1.88. The van der Waals surface area contributed by atoms with Gasteiger partial charge in [-0.3, -0.25) is 4.79 Å². The molecule has 0 bridgehead atoms. The van der Waals surface area contributed by atoms with E-state index in [-0.39, 0.29) is 18.9 Å². The Morgan fingerprint density at radius 3 is 2.86 bits per heavy atom. The van der Waals surface area contributed by atoms with Crippen LogP contribution >= 0.6 is 0 Å². The fourth-order valence-electron chi connectivity index (χ4n) is 1.93. The molecule has 3 N–H and O–H groups in total. The topological polar surface area (TPSA) is 88.1 Å². The Bertz CT molecular complexity index is 720. The Kier molecular flexibility index (Phi) is 4.99. The molecule has 0 saturated heterocycles. The lowest BCUT2D eigenvalue weighted by atomic mass is 10.2. The van der Waals surface area contributed by atoms with Gasteiger partial charge in [0.15, 0.2) is 0 Å². The number of aryl methyl sites for hydroxylation is 1. The van der Waals surface area contributed by atoms with Crippen molar-refractivity contribution in [2.24, 2.45) is 0 Å². The predicted octanol–water partition coefficient (Wildman–Crippen LogP) is 2.86. The van der Waals surface area contributed by atoms with Gasteiger partial charge in [-0.25, -0.2) is 0 Å². The van der Waals surface area contributed by atoms with Crippen LogP contribution < -0.4 is 15.8 Å². The number of nitrogen functional groups attached to an aromatic ring is 1. The fraction of sp³-hybridized carbons (Fsp3) is 0.176. The molecule has 0 unspecified atom stereocenters. The molecule has 0 aliphatic rings. The average molecular weight is 295 g/mol. The number of nitrogens with zero attached hydrogens (tertiary/aromatic N) is 1. The first-order chi connectivity index (χ1) is 10.6. The monoisotopic (exact) mass is 295 g/mol. The number of hydrogen-bond acceptors (Lipinski definition) is 4. The number of ether oxygens (including phenoxy) is 1. The Morgan fingerprint density at radius 2 is 2.09 bits per heavy atom. The van der Waals surface area contributed by atoms with Crippen LogP contribution in [0.5, 0.6) is 5.75 Å². The third-order valence-corrected chi connectivity index (χ3v) is 3.13. The summed E-state index contributed by atoms with van der Waals surface area (Å²) in [5.74, 6) is 0.320. The van der Waals surface area contributed by atoms with Gasteiger partial charge in [0, 0.05) is 11.4 Å². The molecule has 1 amide bonds. The quantitative estimate of drug-likeness (QED) is 0.830. The summed E-state index contributed by atoms with van der Waals surface area (Å²) < 4.78 is 5.48. The molecule has 0 radical (unpaired) electrons. The molecule has 0 fully saturated rings. The zero-order valence-electron chi connectivity index (χ0n) is 12.3. The van der Waals surface area contributed by atoms with Gasteiger partial charge in [0.1, 0.15) is 11.8 Å². The number of anilines is 2. The van der Waals surface area contributed by atoms with Crippen molar-refractivity contribution in [3.05, 3.63) is 53.6 Å². The second-order valence-electron chi connectivity index (χ2n) is 4.83. The number of amides is 1.